The molecular formula is C23H29NO2. The van der Waals surface area contributed by atoms with Crippen LogP contribution in [-0.2, 0) is 9.53 Å². The molecule has 0 N–H and O–H groups in total. The molecule has 0 spiro atoms. The first-order valence-corrected chi connectivity index (χ1v) is 9.44. The Labute approximate surface area is 157 Å². The minimum atomic E-state index is -0.410. The van der Waals surface area contributed by atoms with E-state index in [0.717, 1.165) is 19.5 Å². The fraction of sp³-hybridized carbons (Fsp3) is 0.435. The minimum absolute atomic E-state index is 0.124. The number of hydrogen-bond donors (Lipinski definition) is 0. The summed E-state index contributed by atoms with van der Waals surface area (Å²) >= 11 is 0. The Kier molecular flexibility index (Phi) is 5.47. The molecule has 0 amide bonds. The number of esters is 1. The molecular weight excluding hydrogens is 322 g/mol. The maximum absolute atomic E-state index is 11.9. The van der Waals surface area contributed by atoms with Gasteiger partial charge in [-0.15, -0.1) is 0 Å². The lowest BCUT2D eigenvalue weighted by Crippen LogP contribution is -2.28. The van der Waals surface area contributed by atoms with Gasteiger partial charge in [0.05, 0.1) is 6.42 Å². The van der Waals surface area contributed by atoms with E-state index in [1.807, 2.05) is 20.8 Å². The van der Waals surface area contributed by atoms with Gasteiger partial charge in [-0.3, -0.25) is 4.79 Å². The highest BCUT2D eigenvalue weighted by molar-refractivity contribution is 5.78. The van der Waals surface area contributed by atoms with Gasteiger partial charge in [0.25, 0.3) is 0 Å². The fourth-order valence-electron chi connectivity index (χ4n) is 3.71. The first-order chi connectivity index (χ1) is 12.3. The van der Waals surface area contributed by atoms with E-state index >= 15 is 0 Å². The zero-order valence-electron chi connectivity index (χ0n) is 16.3. The molecule has 0 radical (unpaired) electrons. The van der Waals surface area contributed by atoms with Crippen LogP contribution in [0.25, 0.3) is 11.1 Å². The van der Waals surface area contributed by atoms with Crippen LogP contribution in [0.4, 0.5) is 0 Å². The highest BCUT2D eigenvalue weighted by atomic mass is 16.6. The van der Waals surface area contributed by atoms with E-state index in [4.69, 9.17) is 4.74 Å². The molecule has 3 nitrogen and oxygen atoms in total. The second kappa shape index (κ2) is 7.63. The summed E-state index contributed by atoms with van der Waals surface area (Å²) in [7, 11) is 2.08. The quantitative estimate of drug-likeness (QED) is 0.697. The molecule has 1 aliphatic rings. The van der Waals surface area contributed by atoms with Crippen molar-refractivity contribution in [2.24, 2.45) is 0 Å². The van der Waals surface area contributed by atoms with Gasteiger partial charge in [-0.25, -0.2) is 0 Å². The Balaban J connectivity index is 1.59. The van der Waals surface area contributed by atoms with Gasteiger partial charge in [0.2, 0.25) is 0 Å². The van der Waals surface area contributed by atoms with Gasteiger partial charge in [0.15, 0.2) is 0 Å². The van der Waals surface area contributed by atoms with Crippen LogP contribution in [0.15, 0.2) is 48.5 Å². The van der Waals surface area contributed by atoms with Crippen molar-refractivity contribution in [3.05, 3.63) is 59.7 Å². The van der Waals surface area contributed by atoms with Crippen molar-refractivity contribution in [3.8, 4) is 11.1 Å². The van der Waals surface area contributed by atoms with Crippen molar-refractivity contribution in [2.75, 3.05) is 20.1 Å². The van der Waals surface area contributed by atoms with Gasteiger partial charge in [0, 0.05) is 12.5 Å². The first kappa shape index (κ1) is 18.7. The molecule has 3 rings (SSSR count). The second-order valence-corrected chi connectivity index (χ2v) is 8.16. The van der Waals surface area contributed by atoms with Crippen molar-refractivity contribution in [1.82, 2.24) is 4.90 Å². The standard InChI is InChI=1S/C23H29NO2/c1-23(2,3)26-22(25)14-16-24(4)15-13-21-19-11-7-5-9-17(19)18-10-6-8-12-20(18)21/h5-12,21H,13-16H2,1-4H3. The molecule has 3 heteroatoms. The molecule has 0 unspecified atom stereocenters. The Morgan fingerprint density at radius 2 is 1.50 bits per heavy atom. The molecule has 0 heterocycles. The third-order valence-electron chi connectivity index (χ3n) is 4.88. The predicted octanol–water partition coefficient (Wildman–Crippen LogP) is 4.85. The normalized spacial score (nSPS) is 13.6. The average Bonchev–Trinajstić information content (AvgIpc) is 2.91. The van der Waals surface area contributed by atoms with Gasteiger partial charge in [-0.05, 0) is 63.0 Å². The van der Waals surface area contributed by atoms with E-state index in [-0.39, 0.29) is 5.97 Å². The van der Waals surface area contributed by atoms with Crippen LogP contribution in [-0.4, -0.2) is 36.6 Å². The smallest absolute Gasteiger partial charge is 0.307 e. The van der Waals surface area contributed by atoms with E-state index in [2.05, 4.69) is 60.5 Å². The largest absolute Gasteiger partial charge is 0.460 e. The first-order valence-electron chi connectivity index (χ1n) is 9.44. The topological polar surface area (TPSA) is 29.5 Å². The SMILES string of the molecule is CN(CCC(=O)OC(C)(C)C)CCC1c2ccccc2-c2ccccc21. The van der Waals surface area contributed by atoms with Crippen LogP contribution < -0.4 is 0 Å². The maximum Gasteiger partial charge on any atom is 0.307 e. The molecule has 0 atom stereocenters. The Hall–Kier alpha value is -2.13. The highest BCUT2D eigenvalue weighted by Gasteiger charge is 2.27. The van der Waals surface area contributed by atoms with Crippen molar-refractivity contribution in [3.63, 3.8) is 0 Å². The second-order valence-electron chi connectivity index (χ2n) is 8.16. The molecule has 0 bridgehead atoms. The summed E-state index contributed by atoms with van der Waals surface area (Å²) in [5, 5.41) is 0. The summed E-state index contributed by atoms with van der Waals surface area (Å²) in [5.74, 6) is 0.312. The Morgan fingerprint density at radius 1 is 0.962 bits per heavy atom. The zero-order valence-corrected chi connectivity index (χ0v) is 16.3. The molecule has 1 aliphatic carbocycles. The Morgan fingerprint density at radius 3 is 2.04 bits per heavy atom. The molecule has 138 valence electrons. The lowest BCUT2D eigenvalue weighted by atomic mass is 9.93. The van der Waals surface area contributed by atoms with Crippen LogP contribution in [0.3, 0.4) is 0 Å². The van der Waals surface area contributed by atoms with Gasteiger partial charge < -0.3 is 9.64 Å². The van der Waals surface area contributed by atoms with Gasteiger partial charge in [-0.2, -0.15) is 0 Å². The maximum atomic E-state index is 11.9. The number of hydrogen-bond acceptors (Lipinski definition) is 3. The summed E-state index contributed by atoms with van der Waals surface area (Å²) in [6.07, 6.45) is 1.49. The van der Waals surface area contributed by atoms with Crippen LogP contribution in [0.2, 0.25) is 0 Å². The predicted molar refractivity (Wildman–Crippen MR) is 106 cm³/mol. The third kappa shape index (κ3) is 4.34. The highest BCUT2D eigenvalue weighted by Crippen LogP contribution is 2.45. The zero-order chi connectivity index (χ0) is 18.7. The number of carbonyl (C=O) groups excluding carboxylic acids is 1. The number of carbonyl (C=O) groups is 1. The minimum Gasteiger partial charge on any atom is -0.460 e. The van der Waals surface area contributed by atoms with Crippen molar-refractivity contribution >= 4 is 5.97 Å². The van der Waals surface area contributed by atoms with Crippen LogP contribution in [0.1, 0.15) is 50.7 Å². The molecule has 0 fully saturated rings. The monoisotopic (exact) mass is 351 g/mol. The number of benzene rings is 2. The van der Waals surface area contributed by atoms with Crippen LogP contribution in [0.5, 0.6) is 0 Å². The summed E-state index contributed by atoms with van der Waals surface area (Å²) in [6, 6.07) is 17.4. The third-order valence-corrected chi connectivity index (χ3v) is 4.88. The molecule has 0 aromatic heterocycles. The number of nitrogens with zero attached hydrogens (tertiary/aromatic N) is 1. The van der Waals surface area contributed by atoms with Gasteiger partial charge in [0.1, 0.15) is 5.60 Å². The average molecular weight is 351 g/mol. The molecule has 2 aromatic carbocycles. The van der Waals surface area contributed by atoms with Gasteiger partial charge in [-0.1, -0.05) is 48.5 Å². The molecule has 26 heavy (non-hydrogen) atoms. The summed E-state index contributed by atoms with van der Waals surface area (Å²) in [6.45, 7) is 7.40. The van der Waals surface area contributed by atoms with Crippen molar-refractivity contribution in [1.29, 1.82) is 0 Å². The molecule has 2 aromatic rings. The number of rotatable bonds is 6. The number of fused-ring (bicyclic) bond motifs is 3. The molecule has 0 saturated carbocycles. The van der Waals surface area contributed by atoms with E-state index < -0.39 is 5.60 Å². The summed E-state index contributed by atoms with van der Waals surface area (Å²) < 4.78 is 5.39. The number of ether oxygens (including phenoxy) is 1. The van der Waals surface area contributed by atoms with Gasteiger partial charge >= 0.3 is 5.97 Å². The summed E-state index contributed by atoms with van der Waals surface area (Å²) in [4.78, 5) is 14.1. The van der Waals surface area contributed by atoms with E-state index in [0.29, 0.717) is 12.3 Å². The van der Waals surface area contributed by atoms with Crippen LogP contribution in [0, 0.1) is 0 Å². The molecule has 0 saturated heterocycles. The lowest BCUT2D eigenvalue weighted by Gasteiger charge is -2.22. The van der Waals surface area contributed by atoms with E-state index in [1.54, 1.807) is 0 Å². The van der Waals surface area contributed by atoms with Crippen molar-refractivity contribution in [2.45, 2.75) is 45.1 Å². The summed E-state index contributed by atoms with van der Waals surface area (Å²) in [5.41, 5.74) is 5.17. The van der Waals surface area contributed by atoms with E-state index in [1.165, 1.54) is 22.3 Å². The lowest BCUT2D eigenvalue weighted by molar-refractivity contribution is -0.155. The van der Waals surface area contributed by atoms with Crippen LogP contribution >= 0.6 is 0 Å². The fourth-order valence-corrected chi connectivity index (χ4v) is 3.71. The van der Waals surface area contributed by atoms with Crippen molar-refractivity contribution < 1.29 is 9.53 Å². The molecule has 0 aliphatic heterocycles. The van der Waals surface area contributed by atoms with E-state index in [9.17, 15) is 4.79 Å². The Bertz CT molecular complexity index is 730.